The molecule has 0 atom stereocenters. The monoisotopic (exact) mass is 318 g/mol. The molecule has 0 aliphatic heterocycles. The molecule has 3 rings (SSSR count). The molecule has 1 saturated carbocycles. The summed E-state index contributed by atoms with van der Waals surface area (Å²) < 4.78 is 2.97. The number of hydrogen-bond acceptors (Lipinski definition) is 1. The first-order chi connectivity index (χ1) is 9.15. The molecule has 3 nitrogen and oxygen atoms in total. The van der Waals surface area contributed by atoms with Crippen molar-refractivity contribution in [2.75, 3.05) is 5.32 Å². The van der Waals surface area contributed by atoms with Gasteiger partial charge in [0.2, 0.25) is 0 Å². The van der Waals surface area contributed by atoms with E-state index in [1.165, 1.54) is 12.8 Å². The van der Waals surface area contributed by atoms with Crippen molar-refractivity contribution in [3.05, 3.63) is 52.3 Å². The van der Waals surface area contributed by atoms with Crippen LogP contribution in [0.2, 0.25) is 0 Å². The third-order valence-electron chi connectivity index (χ3n) is 3.32. The Hall–Kier alpha value is -1.55. The van der Waals surface area contributed by atoms with E-state index in [2.05, 4.69) is 25.8 Å². The van der Waals surface area contributed by atoms with Gasteiger partial charge in [0.15, 0.2) is 0 Å². The summed E-state index contributed by atoms with van der Waals surface area (Å²) in [6.07, 6.45) is 4.32. The van der Waals surface area contributed by atoms with E-state index < -0.39 is 0 Å². The quantitative estimate of drug-likeness (QED) is 0.906. The van der Waals surface area contributed by atoms with Gasteiger partial charge in [0.1, 0.15) is 5.69 Å². The number of rotatable bonds is 3. The Bertz CT molecular complexity index is 629. The minimum Gasteiger partial charge on any atom is -0.340 e. The number of amides is 1. The molecule has 1 aliphatic rings. The molecule has 1 aliphatic carbocycles. The molecule has 0 bridgehead atoms. The maximum Gasteiger partial charge on any atom is 0.272 e. The van der Waals surface area contributed by atoms with E-state index in [0.29, 0.717) is 6.04 Å². The lowest BCUT2D eigenvalue weighted by atomic mass is 10.2. The zero-order valence-corrected chi connectivity index (χ0v) is 12.3. The highest BCUT2D eigenvalue weighted by atomic mass is 79.9. The topological polar surface area (TPSA) is 34.0 Å². The van der Waals surface area contributed by atoms with Gasteiger partial charge in [-0.05, 0) is 65.5 Å². The third-order valence-corrected chi connectivity index (χ3v) is 3.98. The van der Waals surface area contributed by atoms with Gasteiger partial charge in [-0.2, -0.15) is 0 Å². The molecule has 1 amide bonds. The largest absolute Gasteiger partial charge is 0.340 e. The van der Waals surface area contributed by atoms with Crippen molar-refractivity contribution in [3.63, 3.8) is 0 Å². The van der Waals surface area contributed by atoms with Gasteiger partial charge in [-0.1, -0.05) is 6.07 Å². The van der Waals surface area contributed by atoms with Crippen molar-refractivity contribution in [2.24, 2.45) is 0 Å². The van der Waals surface area contributed by atoms with Crippen LogP contribution in [-0.4, -0.2) is 10.5 Å². The predicted molar refractivity (Wildman–Crippen MR) is 79.5 cm³/mol. The van der Waals surface area contributed by atoms with Gasteiger partial charge in [0.25, 0.3) is 5.91 Å². The summed E-state index contributed by atoms with van der Waals surface area (Å²) in [5.74, 6) is -0.0542. The van der Waals surface area contributed by atoms with Crippen molar-refractivity contribution in [2.45, 2.75) is 25.8 Å². The van der Waals surface area contributed by atoms with Gasteiger partial charge < -0.3 is 9.88 Å². The Morgan fingerprint density at radius 3 is 2.84 bits per heavy atom. The van der Waals surface area contributed by atoms with Crippen LogP contribution in [0.15, 0.2) is 41.0 Å². The number of aryl methyl sites for hydroxylation is 1. The summed E-state index contributed by atoms with van der Waals surface area (Å²) in [6.45, 7) is 2.02. The van der Waals surface area contributed by atoms with Crippen LogP contribution in [0.25, 0.3) is 0 Å². The minimum absolute atomic E-state index is 0.0542. The lowest BCUT2D eigenvalue weighted by Crippen LogP contribution is -2.16. The Morgan fingerprint density at radius 2 is 2.16 bits per heavy atom. The molecule has 1 N–H and O–H groups in total. The number of hydrogen-bond donors (Lipinski definition) is 1. The van der Waals surface area contributed by atoms with Crippen LogP contribution in [0, 0.1) is 6.92 Å². The van der Waals surface area contributed by atoms with E-state index in [1.54, 1.807) is 0 Å². The number of carbonyl (C=O) groups is 1. The van der Waals surface area contributed by atoms with Crippen LogP contribution in [0.1, 0.15) is 34.9 Å². The van der Waals surface area contributed by atoms with E-state index in [4.69, 9.17) is 0 Å². The fourth-order valence-corrected chi connectivity index (χ4v) is 2.76. The maximum atomic E-state index is 12.3. The molecule has 1 heterocycles. The first-order valence-electron chi connectivity index (χ1n) is 6.39. The van der Waals surface area contributed by atoms with Crippen molar-refractivity contribution in [1.29, 1.82) is 0 Å². The zero-order chi connectivity index (χ0) is 13.4. The molecule has 2 aromatic rings. The van der Waals surface area contributed by atoms with Crippen molar-refractivity contribution < 1.29 is 4.79 Å². The van der Waals surface area contributed by atoms with Crippen molar-refractivity contribution in [3.8, 4) is 0 Å². The number of aromatic nitrogens is 1. The summed E-state index contributed by atoms with van der Waals surface area (Å²) in [6, 6.07) is 10.2. The van der Waals surface area contributed by atoms with Crippen molar-refractivity contribution in [1.82, 2.24) is 4.57 Å². The molecule has 0 unspecified atom stereocenters. The molecule has 1 fully saturated rings. The molecule has 98 valence electrons. The summed E-state index contributed by atoms with van der Waals surface area (Å²) in [4.78, 5) is 12.3. The normalized spacial score (nSPS) is 14.4. The van der Waals surface area contributed by atoms with Crippen molar-refractivity contribution >= 4 is 27.5 Å². The number of nitrogens with one attached hydrogen (secondary N) is 1. The van der Waals surface area contributed by atoms with Gasteiger partial charge in [0.05, 0.1) is 5.69 Å². The first kappa shape index (κ1) is 12.5. The van der Waals surface area contributed by atoms with Gasteiger partial charge in [-0.15, -0.1) is 0 Å². The lowest BCUT2D eigenvalue weighted by molar-refractivity contribution is 0.101. The molecular formula is C15H15BrN2O. The van der Waals surface area contributed by atoms with E-state index >= 15 is 0 Å². The molecule has 0 radical (unpaired) electrons. The third kappa shape index (κ3) is 2.59. The Morgan fingerprint density at radius 1 is 1.37 bits per heavy atom. The summed E-state index contributed by atoms with van der Waals surface area (Å²) >= 11 is 3.48. The highest BCUT2D eigenvalue weighted by Gasteiger charge is 2.26. The number of nitrogens with zero attached hydrogens (tertiary/aromatic N) is 1. The second-order valence-electron chi connectivity index (χ2n) is 4.97. The molecule has 4 heteroatoms. The first-order valence-corrected chi connectivity index (χ1v) is 7.19. The number of benzene rings is 1. The van der Waals surface area contributed by atoms with E-state index in [0.717, 1.165) is 21.4 Å². The van der Waals surface area contributed by atoms with Crippen LogP contribution < -0.4 is 5.32 Å². The molecule has 1 aromatic heterocycles. The molecule has 19 heavy (non-hydrogen) atoms. The fourth-order valence-electron chi connectivity index (χ4n) is 2.17. The van der Waals surface area contributed by atoms with Crippen LogP contribution in [0.3, 0.4) is 0 Å². The summed E-state index contributed by atoms with van der Waals surface area (Å²) in [5.41, 5.74) is 2.69. The standard InChI is InChI=1S/C15H15BrN2O/c1-10-4-7-13(12(16)9-10)17-15(19)14-3-2-8-18(14)11-5-6-11/h2-4,7-9,11H,5-6H2,1H3,(H,17,19). The smallest absolute Gasteiger partial charge is 0.272 e. The minimum atomic E-state index is -0.0542. The number of anilines is 1. The van der Waals surface area contributed by atoms with E-state index in [-0.39, 0.29) is 5.91 Å². The lowest BCUT2D eigenvalue weighted by Gasteiger charge is -2.10. The van der Waals surface area contributed by atoms with Gasteiger partial charge >= 0.3 is 0 Å². The molecule has 0 spiro atoms. The number of carbonyl (C=O) groups excluding carboxylic acids is 1. The second kappa shape index (κ2) is 4.85. The predicted octanol–water partition coefficient (Wildman–Crippen LogP) is 4.15. The van der Waals surface area contributed by atoms with Crippen LogP contribution in [0.4, 0.5) is 5.69 Å². The second-order valence-corrected chi connectivity index (χ2v) is 5.82. The Kier molecular flexibility index (Phi) is 3.19. The van der Waals surface area contributed by atoms with Gasteiger partial charge in [-0.3, -0.25) is 4.79 Å². The Labute approximate surface area is 120 Å². The number of halogens is 1. The summed E-state index contributed by atoms with van der Waals surface area (Å²) in [7, 11) is 0. The zero-order valence-electron chi connectivity index (χ0n) is 10.7. The highest BCUT2D eigenvalue weighted by molar-refractivity contribution is 9.10. The average molecular weight is 319 g/mol. The molecule has 0 saturated heterocycles. The fraction of sp³-hybridized carbons (Fsp3) is 0.267. The van der Waals surface area contributed by atoms with Gasteiger partial charge in [-0.25, -0.2) is 0 Å². The summed E-state index contributed by atoms with van der Waals surface area (Å²) in [5, 5.41) is 2.96. The van der Waals surface area contributed by atoms with Crippen LogP contribution in [0.5, 0.6) is 0 Å². The average Bonchev–Trinajstić information content (AvgIpc) is 3.10. The molecular weight excluding hydrogens is 304 g/mol. The van der Waals surface area contributed by atoms with E-state index in [1.807, 2.05) is 43.5 Å². The van der Waals surface area contributed by atoms with Crippen LogP contribution >= 0.6 is 15.9 Å². The van der Waals surface area contributed by atoms with Crippen LogP contribution in [-0.2, 0) is 0 Å². The SMILES string of the molecule is Cc1ccc(NC(=O)c2cccn2C2CC2)c(Br)c1. The van der Waals surface area contributed by atoms with Gasteiger partial charge in [0, 0.05) is 16.7 Å². The van der Waals surface area contributed by atoms with E-state index in [9.17, 15) is 4.79 Å². The molecule has 1 aromatic carbocycles. The Balaban J connectivity index is 1.82. The highest BCUT2D eigenvalue weighted by Crippen LogP contribution is 2.36. The maximum absolute atomic E-state index is 12.3.